The number of carbonyl (C=O) groups is 1. The van der Waals surface area contributed by atoms with E-state index in [2.05, 4.69) is 22.0 Å². The summed E-state index contributed by atoms with van der Waals surface area (Å²) in [6.45, 7) is 6.34. The molecule has 2 aromatic carbocycles. The van der Waals surface area contributed by atoms with Crippen molar-refractivity contribution in [1.29, 1.82) is 0 Å². The molecule has 2 saturated heterocycles. The fraction of sp³-hybridized carbons (Fsp3) is 0.360. The van der Waals surface area contributed by atoms with E-state index < -0.39 is 4.92 Å². The van der Waals surface area contributed by atoms with Gasteiger partial charge >= 0.3 is 0 Å². The third-order valence-electron chi connectivity index (χ3n) is 5.89. The fourth-order valence-electron chi connectivity index (χ4n) is 4.11. The highest BCUT2D eigenvalue weighted by molar-refractivity contribution is 8.18. The molecule has 9 nitrogen and oxygen atoms in total. The minimum absolute atomic E-state index is 0.000899. The summed E-state index contributed by atoms with van der Waals surface area (Å²) in [7, 11) is 0. The minimum Gasteiger partial charge on any atom is -0.504 e. The van der Waals surface area contributed by atoms with Gasteiger partial charge in [0.1, 0.15) is 0 Å². The molecule has 1 N–H and O–H groups in total. The van der Waals surface area contributed by atoms with Crippen LogP contribution in [-0.2, 0) is 4.79 Å². The van der Waals surface area contributed by atoms with Crippen molar-refractivity contribution in [1.82, 2.24) is 4.90 Å². The van der Waals surface area contributed by atoms with E-state index in [9.17, 15) is 20.0 Å². The number of ether oxygens (including phenoxy) is 1. The van der Waals surface area contributed by atoms with Gasteiger partial charge in [-0.1, -0.05) is 0 Å². The van der Waals surface area contributed by atoms with Crippen molar-refractivity contribution in [3.05, 3.63) is 57.0 Å². The van der Waals surface area contributed by atoms with Crippen molar-refractivity contribution in [2.24, 2.45) is 4.99 Å². The summed E-state index contributed by atoms with van der Waals surface area (Å²) in [6.07, 6.45) is 5.13. The first-order chi connectivity index (χ1) is 16.9. The van der Waals surface area contributed by atoms with Crippen molar-refractivity contribution >= 4 is 46.0 Å². The largest absolute Gasteiger partial charge is 0.504 e. The van der Waals surface area contributed by atoms with Gasteiger partial charge in [0.05, 0.1) is 28.2 Å². The summed E-state index contributed by atoms with van der Waals surface area (Å²) >= 11 is 1.17. The number of piperidine rings is 1. The van der Waals surface area contributed by atoms with Gasteiger partial charge in [0, 0.05) is 37.0 Å². The molecule has 0 saturated carbocycles. The standard InChI is InChI=1S/C25H28N4O5S/c1-3-28-24(31)22(15-17-14-20(29(32)33)16-21(23(17)30)34-4-2)35-25(28)26-18-8-10-19(11-9-18)27-12-6-5-7-13-27/h8-11,14-16,30H,3-7,12-13H2,1-2H3/b22-15-,26-25?. The number of phenols is 1. The van der Waals surface area contributed by atoms with Gasteiger partial charge in [-0.2, -0.15) is 0 Å². The van der Waals surface area contributed by atoms with Crippen LogP contribution in [-0.4, -0.2) is 52.2 Å². The van der Waals surface area contributed by atoms with Crippen molar-refractivity contribution < 1.29 is 19.6 Å². The second-order valence-electron chi connectivity index (χ2n) is 8.19. The molecule has 0 bridgehead atoms. The number of thioether (sulfide) groups is 1. The number of hydrogen-bond acceptors (Lipinski definition) is 8. The first-order valence-corrected chi connectivity index (χ1v) is 12.5. The van der Waals surface area contributed by atoms with Crippen LogP contribution in [0.1, 0.15) is 38.7 Å². The molecule has 4 rings (SSSR count). The molecule has 10 heteroatoms. The second-order valence-corrected chi connectivity index (χ2v) is 9.20. The number of nitro groups is 1. The summed E-state index contributed by atoms with van der Waals surface area (Å²) in [6, 6.07) is 10.4. The highest BCUT2D eigenvalue weighted by Crippen LogP contribution is 2.40. The van der Waals surface area contributed by atoms with Crippen molar-refractivity contribution in [2.45, 2.75) is 33.1 Å². The van der Waals surface area contributed by atoms with Crippen LogP contribution >= 0.6 is 11.8 Å². The smallest absolute Gasteiger partial charge is 0.274 e. The van der Waals surface area contributed by atoms with E-state index in [1.807, 2.05) is 19.1 Å². The maximum absolute atomic E-state index is 13.0. The SMILES string of the molecule is CCOc1cc([N+](=O)[O-])cc(/C=C2\SC(=Nc3ccc(N4CCCCC4)cc3)N(CC)C2=O)c1O. The van der Waals surface area contributed by atoms with Crippen LogP contribution < -0.4 is 9.64 Å². The number of likely N-dealkylation sites (N-methyl/N-ethyl adjacent to an activating group) is 1. The first-order valence-electron chi connectivity index (χ1n) is 11.7. The number of amidine groups is 1. The van der Waals surface area contributed by atoms with Crippen LogP contribution in [0.3, 0.4) is 0 Å². The molecule has 35 heavy (non-hydrogen) atoms. The molecule has 2 aliphatic heterocycles. The van der Waals surface area contributed by atoms with Gasteiger partial charge in [0.2, 0.25) is 0 Å². The van der Waals surface area contributed by atoms with Crippen molar-refractivity contribution in [3.8, 4) is 11.5 Å². The normalized spacial score (nSPS) is 18.5. The van der Waals surface area contributed by atoms with Gasteiger partial charge in [0.15, 0.2) is 16.7 Å². The molecule has 0 aromatic heterocycles. The Balaban J connectivity index is 1.62. The van der Waals surface area contributed by atoms with Crippen LogP contribution in [0.5, 0.6) is 11.5 Å². The third-order valence-corrected chi connectivity index (χ3v) is 6.89. The Bertz CT molecular complexity index is 1170. The van der Waals surface area contributed by atoms with E-state index in [1.54, 1.807) is 11.8 Å². The van der Waals surface area contributed by atoms with Gasteiger partial charge in [-0.25, -0.2) is 4.99 Å². The molecule has 0 unspecified atom stereocenters. The number of nitro benzene ring substituents is 1. The number of anilines is 1. The van der Waals surface area contributed by atoms with Crippen LogP contribution in [0.25, 0.3) is 6.08 Å². The zero-order valence-corrected chi connectivity index (χ0v) is 20.6. The number of hydrogen-bond donors (Lipinski definition) is 1. The molecule has 2 fully saturated rings. The zero-order chi connectivity index (χ0) is 24.9. The highest BCUT2D eigenvalue weighted by atomic mass is 32.2. The number of nitrogens with zero attached hydrogens (tertiary/aromatic N) is 4. The molecule has 0 radical (unpaired) electrons. The van der Waals surface area contributed by atoms with Gasteiger partial charge in [-0.05, 0) is 75.2 Å². The highest BCUT2D eigenvalue weighted by Gasteiger charge is 2.33. The average Bonchev–Trinajstić information content (AvgIpc) is 3.15. The predicted molar refractivity (Wildman–Crippen MR) is 138 cm³/mol. The molecule has 0 atom stereocenters. The van der Waals surface area contributed by atoms with E-state index in [-0.39, 0.29) is 35.3 Å². The summed E-state index contributed by atoms with van der Waals surface area (Å²) in [5.41, 5.74) is 1.81. The average molecular weight is 497 g/mol. The van der Waals surface area contributed by atoms with Gasteiger partial charge in [0.25, 0.3) is 11.6 Å². The topological polar surface area (TPSA) is 109 Å². The lowest BCUT2D eigenvalue weighted by Crippen LogP contribution is -2.29. The van der Waals surface area contributed by atoms with E-state index in [0.717, 1.165) is 18.8 Å². The quantitative estimate of drug-likeness (QED) is 0.314. The second kappa shape index (κ2) is 10.8. The number of amides is 1. The number of aliphatic imine (C=N–C) groups is 1. The molecule has 184 valence electrons. The Morgan fingerprint density at radius 1 is 1.17 bits per heavy atom. The molecular weight excluding hydrogens is 468 g/mol. The van der Waals surface area contributed by atoms with Crippen molar-refractivity contribution in [2.75, 3.05) is 31.1 Å². The molecule has 1 amide bonds. The number of benzene rings is 2. The molecule has 0 spiro atoms. The summed E-state index contributed by atoms with van der Waals surface area (Å²) < 4.78 is 5.34. The number of carbonyl (C=O) groups excluding carboxylic acids is 1. The molecule has 2 heterocycles. The Morgan fingerprint density at radius 3 is 2.51 bits per heavy atom. The Kier molecular flexibility index (Phi) is 7.60. The molecular formula is C25H28N4O5S. The lowest BCUT2D eigenvalue weighted by atomic mass is 10.1. The zero-order valence-electron chi connectivity index (χ0n) is 19.8. The van der Waals surface area contributed by atoms with E-state index in [0.29, 0.717) is 16.6 Å². The number of non-ortho nitro benzene ring substituents is 1. The van der Waals surface area contributed by atoms with Crippen LogP contribution in [0, 0.1) is 10.1 Å². The van der Waals surface area contributed by atoms with E-state index in [4.69, 9.17) is 4.74 Å². The molecule has 0 aliphatic carbocycles. The Labute approximate surface area is 208 Å². The third kappa shape index (κ3) is 5.43. The maximum Gasteiger partial charge on any atom is 0.274 e. The van der Waals surface area contributed by atoms with Gasteiger partial charge in [-0.15, -0.1) is 0 Å². The lowest BCUT2D eigenvalue weighted by molar-refractivity contribution is -0.385. The van der Waals surface area contributed by atoms with E-state index in [1.165, 1.54) is 54.9 Å². The fourth-order valence-corrected chi connectivity index (χ4v) is 5.16. The van der Waals surface area contributed by atoms with Crippen LogP contribution in [0.2, 0.25) is 0 Å². The van der Waals surface area contributed by atoms with Gasteiger partial charge < -0.3 is 14.7 Å². The number of phenolic OH excluding ortho intramolecular Hbond substituents is 1. The summed E-state index contributed by atoms with van der Waals surface area (Å²) in [5, 5.41) is 22.4. The van der Waals surface area contributed by atoms with Crippen molar-refractivity contribution in [3.63, 3.8) is 0 Å². The molecule has 2 aromatic rings. The molecule has 2 aliphatic rings. The predicted octanol–water partition coefficient (Wildman–Crippen LogP) is 5.31. The summed E-state index contributed by atoms with van der Waals surface area (Å²) in [5.74, 6) is -0.524. The van der Waals surface area contributed by atoms with Crippen LogP contribution in [0.15, 0.2) is 46.3 Å². The monoisotopic (exact) mass is 496 g/mol. The summed E-state index contributed by atoms with van der Waals surface area (Å²) in [4.78, 5) is 32.7. The number of rotatable bonds is 7. The maximum atomic E-state index is 13.0. The minimum atomic E-state index is -0.563. The number of aromatic hydroxyl groups is 1. The Morgan fingerprint density at radius 2 is 1.89 bits per heavy atom. The van der Waals surface area contributed by atoms with E-state index >= 15 is 0 Å². The lowest BCUT2D eigenvalue weighted by Gasteiger charge is -2.28. The Hall–Kier alpha value is -3.53. The first kappa shape index (κ1) is 24.6. The van der Waals surface area contributed by atoms with Gasteiger partial charge in [-0.3, -0.25) is 19.8 Å². The van der Waals surface area contributed by atoms with Crippen LogP contribution in [0.4, 0.5) is 17.1 Å².